The Morgan fingerprint density at radius 3 is 3.10 bits per heavy atom. The normalized spacial score (nSPS) is 9.30. The summed E-state index contributed by atoms with van der Waals surface area (Å²) in [6, 6.07) is 3.73. The number of hydrogen-bond donors (Lipinski definition) is 0. The highest BCUT2D eigenvalue weighted by molar-refractivity contribution is 5.13. The molecule has 1 aromatic rings. The molecular weight excluding hydrogens is 128 g/mol. The highest BCUT2D eigenvalue weighted by Crippen LogP contribution is 2.00. The Hall–Kier alpha value is -1.25. The third-order valence-corrected chi connectivity index (χ3v) is 1.20. The van der Waals surface area contributed by atoms with E-state index >= 15 is 0 Å². The fourth-order valence-electron chi connectivity index (χ4n) is 0.751. The number of rotatable bonds is 2. The molecule has 0 aliphatic rings. The molecule has 3 nitrogen and oxygen atoms in total. The van der Waals surface area contributed by atoms with Gasteiger partial charge in [0, 0.05) is 6.20 Å². The minimum atomic E-state index is 0.168. The van der Waals surface area contributed by atoms with Crippen LogP contribution >= 0.6 is 0 Å². The molecular formula is C7H8N2O. The van der Waals surface area contributed by atoms with E-state index in [1.807, 2.05) is 19.1 Å². The zero-order chi connectivity index (χ0) is 7.40. The highest BCUT2D eigenvalue weighted by atomic mass is 16.3. The van der Waals surface area contributed by atoms with Gasteiger partial charge in [-0.1, -0.05) is 5.18 Å². The third kappa shape index (κ3) is 1.62. The molecule has 0 bridgehead atoms. The van der Waals surface area contributed by atoms with Crippen molar-refractivity contribution in [1.82, 2.24) is 4.98 Å². The van der Waals surface area contributed by atoms with Gasteiger partial charge in [0.1, 0.15) is 6.54 Å². The number of aromatic nitrogens is 1. The second kappa shape index (κ2) is 3.06. The summed E-state index contributed by atoms with van der Waals surface area (Å²) >= 11 is 0. The maximum absolute atomic E-state index is 9.80. The van der Waals surface area contributed by atoms with E-state index in [0.717, 1.165) is 11.3 Å². The van der Waals surface area contributed by atoms with Gasteiger partial charge in [-0.05, 0) is 24.6 Å². The lowest BCUT2D eigenvalue weighted by atomic mass is 10.2. The molecule has 0 aromatic carbocycles. The monoisotopic (exact) mass is 136 g/mol. The van der Waals surface area contributed by atoms with Gasteiger partial charge in [0.15, 0.2) is 0 Å². The maximum atomic E-state index is 9.80. The fraction of sp³-hybridized carbons (Fsp3) is 0.286. The smallest absolute Gasteiger partial charge is 0.123 e. The largest absolute Gasteiger partial charge is 0.259 e. The molecule has 10 heavy (non-hydrogen) atoms. The Labute approximate surface area is 59.1 Å². The van der Waals surface area contributed by atoms with Gasteiger partial charge >= 0.3 is 0 Å². The standard InChI is InChI=1S/C7H8N2O/c1-6-2-3-8-7(4-6)5-9-10/h2-4H,5H2,1H3. The lowest BCUT2D eigenvalue weighted by Gasteiger charge is -1.93. The van der Waals surface area contributed by atoms with Crippen LogP contribution in [0, 0.1) is 11.8 Å². The summed E-state index contributed by atoms with van der Waals surface area (Å²) in [5, 5.41) is 2.73. The van der Waals surface area contributed by atoms with Gasteiger partial charge in [0.2, 0.25) is 0 Å². The van der Waals surface area contributed by atoms with Crippen LogP contribution in [0.5, 0.6) is 0 Å². The minimum absolute atomic E-state index is 0.168. The first-order chi connectivity index (χ1) is 4.83. The van der Waals surface area contributed by atoms with Gasteiger partial charge in [-0.2, -0.15) is 4.91 Å². The summed E-state index contributed by atoms with van der Waals surface area (Å²) in [4.78, 5) is 13.7. The van der Waals surface area contributed by atoms with Gasteiger partial charge < -0.3 is 0 Å². The van der Waals surface area contributed by atoms with Crippen LogP contribution in [-0.4, -0.2) is 4.98 Å². The first-order valence-corrected chi connectivity index (χ1v) is 3.03. The number of nitrogens with zero attached hydrogens (tertiary/aromatic N) is 2. The van der Waals surface area contributed by atoms with Crippen molar-refractivity contribution in [2.75, 3.05) is 0 Å². The lowest BCUT2D eigenvalue weighted by molar-refractivity contribution is 0.975. The molecule has 0 amide bonds. The van der Waals surface area contributed by atoms with E-state index < -0.39 is 0 Å². The zero-order valence-electron chi connectivity index (χ0n) is 5.74. The fourth-order valence-corrected chi connectivity index (χ4v) is 0.751. The molecule has 0 aliphatic heterocycles. The summed E-state index contributed by atoms with van der Waals surface area (Å²) in [7, 11) is 0. The van der Waals surface area contributed by atoms with Gasteiger partial charge in [-0.25, -0.2) is 0 Å². The quantitative estimate of drug-likeness (QED) is 0.580. The number of aryl methyl sites for hydroxylation is 1. The molecule has 0 fully saturated rings. The van der Waals surface area contributed by atoms with Crippen molar-refractivity contribution >= 4 is 0 Å². The van der Waals surface area contributed by atoms with Gasteiger partial charge in [0.05, 0.1) is 5.69 Å². The van der Waals surface area contributed by atoms with Crippen LogP contribution in [0.1, 0.15) is 11.3 Å². The van der Waals surface area contributed by atoms with Crippen LogP contribution in [0.3, 0.4) is 0 Å². The maximum Gasteiger partial charge on any atom is 0.123 e. The summed E-state index contributed by atoms with van der Waals surface area (Å²) in [5.74, 6) is 0. The molecule has 52 valence electrons. The van der Waals surface area contributed by atoms with Crippen molar-refractivity contribution in [2.24, 2.45) is 5.18 Å². The van der Waals surface area contributed by atoms with Crippen molar-refractivity contribution in [3.8, 4) is 0 Å². The molecule has 0 saturated carbocycles. The molecule has 3 heteroatoms. The van der Waals surface area contributed by atoms with Gasteiger partial charge in [-0.15, -0.1) is 0 Å². The van der Waals surface area contributed by atoms with Crippen LogP contribution in [0.15, 0.2) is 23.5 Å². The van der Waals surface area contributed by atoms with Crippen LogP contribution in [0.2, 0.25) is 0 Å². The topological polar surface area (TPSA) is 42.3 Å². The first-order valence-electron chi connectivity index (χ1n) is 3.03. The first kappa shape index (κ1) is 6.86. The predicted octanol–water partition coefficient (Wildman–Crippen LogP) is 1.66. The molecule has 0 N–H and O–H groups in total. The highest BCUT2D eigenvalue weighted by Gasteiger charge is 1.91. The predicted molar refractivity (Wildman–Crippen MR) is 38.5 cm³/mol. The lowest BCUT2D eigenvalue weighted by Crippen LogP contribution is -1.86. The molecule has 0 spiro atoms. The van der Waals surface area contributed by atoms with E-state index in [4.69, 9.17) is 0 Å². The average Bonchev–Trinajstić information content (AvgIpc) is 1.88. The SMILES string of the molecule is Cc1ccnc(CN=O)c1. The molecule has 0 radical (unpaired) electrons. The molecule has 1 rings (SSSR count). The van der Waals surface area contributed by atoms with E-state index in [1.165, 1.54) is 0 Å². The van der Waals surface area contributed by atoms with Crippen LogP contribution in [-0.2, 0) is 6.54 Å². The van der Waals surface area contributed by atoms with E-state index in [2.05, 4.69) is 10.2 Å². The molecule has 1 heterocycles. The minimum Gasteiger partial charge on any atom is -0.259 e. The van der Waals surface area contributed by atoms with Crippen LogP contribution in [0.25, 0.3) is 0 Å². The van der Waals surface area contributed by atoms with E-state index in [-0.39, 0.29) is 6.54 Å². The summed E-state index contributed by atoms with van der Waals surface area (Å²) in [5.41, 5.74) is 1.84. The number of pyridine rings is 1. The Balaban J connectivity index is 2.84. The molecule has 0 aliphatic carbocycles. The molecule has 0 atom stereocenters. The Morgan fingerprint density at radius 2 is 2.50 bits per heavy atom. The van der Waals surface area contributed by atoms with Crippen molar-refractivity contribution < 1.29 is 0 Å². The van der Waals surface area contributed by atoms with E-state index in [1.54, 1.807) is 6.20 Å². The Bertz CT molecular complexity index is 235. The zero-order valence-corrected chi connectivity index (χ0v) is 5.74. The van der Waals surface area contributed by atoms with E-state index in [9.17, 15) is 4.91 Å². The Kier molecular flexibility index (Phi) is 2.10. The van der Waals surface area contributed by atoms with Gasteiger partial charge in [0.25, 0.3) is 0 Å². The Morgan fingerprint density at radius 1 is 1.70 bits per heavy atom. The van der Waals surface area contributed by atoms with Crippen molar-refractivity contribution in [1.29, 1.82) is 0 Å². The van der Waals surface area contributed by atoms with Gasteiger partial charge in [-0.3, -0.25) is 4.98 Å². The number of hydrogen-bond acceptors (Lipinski definition) is 3. The molecule has 0 unspecified atom stereocenters. The second-order valence-corrected chi connectivity index (χ2v) is 2.11. The summed E-state index contributed by atoms with van der Waals surface area (Å²) in [6.45, 7) is 2.12. The summed E-state index contributed by atoms with van der Waals surface area (Å²) in [6.07, 6.45) is 1.68. The second-order valence-electron chi connectivity index (χ2n) is 2.11. The van der Waals surface area contributed by atoms with Crippen molar-refractivity contribution in [3.05, 3.63) is 34.5 Å². The van der Waals surface area contributed by atoms with Crippen LogP contribution in [0.4, 0.5) is 0 Å². The van der Waals surface area contributed by atoms with Crippen molar-refractivity contribution in [2.45, 2.75) is 13.5 Å². The number of nitroso groups, excluding NO2 is 1. The van der Waals surface area contributed by atoms with Crippen LogP contribution < -0.4 is 0 Å². The summed E-state index contributed by atoms with van der Waals surface area (Å²) < 4.78 is 0. The third-order valence-electron chi connectivity index (χ3n) is 1.20. The molecule has 1 aromatic heterocycles. The van der Waals surface area contributed by atoms with Crippen molar-refractivity contribution in [3.63, 3.8) is 0 Å². The molecule has 0 saturated heterocycles. The van der Waals surface area contributed by atoms with E-state index in [0.29, 0.717) is 0 Å². The average molecular weight is 136 g/mol.